The van der Waals surface area contributed by atoms with Gasteiger partial charge in [0.25, 0.3) is 5.91 Å². The summed E-state index contributed by atoms with van der Waals surface area (Å²) in [5.74, 6) is 0.429. The summed E-state index contributed by atoms with van der Waals surface area (Å²) in [7, 11) is 0. The van der Waals surface area contributed by atoms with Gasteiger partial charge in [0.1, 0.15) is 5.69 Å². The number of nitrogens with one attached hydrogen (secondary N) is 1. The lowest BCUT2D eigenvalue weighted by atomic mass is 10.1. The molecule has 1 fully saturated rings. The highest BCUT2D eigenvalue weighted by Crippen LogP contribution is 2.11. The molecule has 20 heavy (non-hydrogen) atoms. The lowest BCUT2D eigenvalue weighted by Crippen LogP contribution is -2.43. The van der Waals surface area contributed by atoms with E-state index in [-0.39, 0.29) is 5.91 Å². The van der Waals surface area contributed by atoms with Crippen molar-refractivity contribution in [2.75, 3.05) is 19.6 Å². The second kappa shape index (κ2) is 6.79. The Balaban J connectivity index is 2.07. The first kappa shape index (κ1) is 14.9. The Kier molecular flexibility index (Phi) is 5.06. The third-order valence-electron chi connectivity index (χ3n) is 3.48. The summed E-state index contributed by atoms with van der Waals surface area (Å²) < 4.78 is 0. The van der Waals surface area contributed by atoms with E-state index in [0.717, 1.165) is 31.7 Å². The minimum Gasteiger partial charge on any atom is -0.335 e. The first-order chi connectivity index (χ1) is 9.56. The minimum atomic E-state index is -0.0140. The number of carbonyl (C=O) groups excluding carboxylic acids is 1. The summed E-state index contributed by atoms with van der Waals surface area (Å²) in [5, 5.41) is 3.45. The van der Waals surface area contributed by atoms with Crippen LogP contribution in [0, 0.1) is 12.8 Å². The summed E-state index contributed by atoms with van der Waals surface area (Å²) in [6, 6.07) is 0.413. The third kappa shape index (κ3) is 4.00. The average Bonchev–Trinajstić information content (AvgIpc) is 2.90. The fourth-order valence-corrected chi connectivity index (χ4v) is 2.52. The van der Waals surface area contributed by atoms with Crippen LogP contribution in [0.15, 0.2) is 12.4 Å². The first-order valence-corrected chi connectivity index (χ1v) is 7.37. The summed E-state index contributed by atoms with van der Waals surface area (Å²) >= 11 is 0. The molecule has 1 aromatic heterocycles. The number of amides is 1. The van der Waals surface area contributed by atoms with E-state index in [9.17, 15) is 4.79 Å². The van der Waals surface area contributed by atoms with Crippen LogP contribution in [0.3, 0.4) is 0 Å². The molecule has 1 aliphatic rings. The largest absolute Gasteiger partial charge is 0.335 e. The Morgan fingerprint density at radius 1 is 1.45 bits per heavy atom. The van der Waals surface area contributed by atoms with Crippen LogP contribution in [0.4, 0.5) is 0 Å². The second-order valence-corrected chi connectivity index (χ2v) is 5.94. The molecule has 0 bridgehead atoms. The van der Waals surface area contributed by atoms with Gasteiger partial charge in [0.05, 0.1) is 11.9 Å². The second-order valence-electron chi connectivity index (χ2n) is 5.94. The zero-order chi connectivity index (χ0) is 14.5. The van der Waals surface area contributed by atoms with Crippen LogP contribution in [0.1, 0.15) is 42.9 Å². The van der Waals surface area contributed by atoms with Crippen LogP contribution in [0.5, 0.6) is 0 Å². The predicted molar refractivity (Wildman–Crippen MR) is 78.5 cm³/mol. The maximum absolute atomic E-state index is 12.6. The van der Waals surface area contributed by atoms with Gasteiger partial charge in [0, 0.05) is 25.3 Å². The molecular formula is C15H24N4O. The smallest absolute Gasteiger partial charge is 0.274 e. The van der Waals surface area contributed by atoms with Gasteiger partial charge in [0.2, 0.25) is 0 Å². The van der Waals surface area contributed by atoms with E-state index in [0.29, 0.717) is 17.7 Å². The van der Waals surface area contributed by atoms with Crippen molar-refractivity contribution in [1.29, 1.82) is 0 Å². The highest BCUT2D eigenvalue weighted by atomic mass is 16.2. The Morgan fingerprint density at radius 2 is 2.25 bits per heavy atom. The van der Waals surface area contributed by atoms with Crippen LogP contribution < -0.4 is 5.32 Å². The van der Waals surface area contributed by atoms with Crippen LogP contribution >= 0.6 is 0 Å². The standard InChI is InChI=1S/C15H24N4O/c1-11(2)9-19(10-13-5-4-6-16-13)15(20)14-8-17-12(3)7-18-14/h7-8,11,13,16H,4-6,9-10H2,1-3H3. The van der Waals surface area contributed by atoms with E-state index in [4.69, 9.17) is 0 Å². The van der Waals surface area contributed by atoms with Crippen LogP contribution in [0.2, 0.25) is 0 Å². The molecule has 1 unspecified atom stereocenters. The molecule has 5 nitrogen and oxygen atoms in total. The number of hydrogen-bond donors (Lipinski definition) is 1. The number of hydrogen-bond acceptors (Lipinski definition) is 4. The Hall–Kier alpha value is -1.49. The maximum Gasteiger partial charge on any atom is 0.274 e. The van der Waals surface area contributed by atoms with Gasteiger partial charge in [-0.1, -0.05) is 13.8 Å². The molecule has 1 atom stereocenters. The van der Waals surface area contributed by atoms with Gasteiger partial charge < -0.3 is 10.2 Å². The van der Waals surface area contributed by atoms with Crippen LogP contribution in [0.25, 0.3) is 0 Å². The predicted octanol–water partition coefficient (Wildman–Crippen LogP) is 1.64. The van der Waals surface area contributed by atoms with Crippen molar-refractivity contribution in [1.82, 2.24) is 20.2 Å². The summed E-state index contributed by atoms with van der Waals surface area (Å²) in [4.78, 5) is 22.9. The lowest BCUT2D eigenvalue weighted by Gasteiger charge is -2.27. The molecular weight excluding hydrogens is 252 g/mol. The van der Waals surface area contributed by atoms with Gasteiger partial charge >= 0.3 is 0 Å². The highest BCUT2D eigenvalue weighted by Gasteiger charge is 2.23. The molecule has 1 amide bonds. The molecule has 1 N–H and O–H groups in total. The minimum absolute atomic E-state index is 0.0140. The van der Waals surface area contributed by atoms with E-state index in [1.807, 2.05) is 11.8 Å². The molecule has 1 saturated heterocycles. The van der Waals surface area contributed by atoms with Crippen molar-refractivity contribution in [3.63, 3.8) is 0 Å². The third-order valence-corrected chi connectivity index (χ3v) is 3.48. The van der Waals surface area contributed by atoms with Crippen molar-refractivity contribution >= 4 is 5.91 Å². The number of nitrogens with zero attached hydrogens (tertiary/aromatic N) is 3. The summed E-state index contributed by atoms with van der Waals surface area (Å²) in [6.07, 6.45) is 5.56. The molecule has 0 aromatic carbocycles. The molecule has 2 rings (SSSR count). The van der Waals surface area contributed by atoms with Gasteiger partial charge in [-0.25, -0.2) is 4.98 Å². The van der Waals surface area contributed by atoms with Crippen LogP contribution in [-0.4, -0.2) is 46.5 Å². The van der Waals surface area contributed by atoms with Crippen molar-refractivity contribution in [3.05, 3.63) is 23.8 Å². The molecule has 0 aliphatic carbocycles. The molecule has 1 aliphatic heterocycles. The van der Waals surface area contributed by atoms with E-state index < -0.39 is 0 Å². The van der Waals surface area contributed by atoms with Gasteiger partial charge in [-0.05, 0) is 32.2 Å². The average molecular weight is 276 g/mol. The Labute approximate surface area is 120 Å². The van der Waals surface area contributed by atoms with E-state index in [2.05, 4.69) is 29.1 Å². The molecule has 0 saturated carbocycles. The summed E-state index contributed by atoms with van der Waals surface area (Å²) in [5.41, 5.74) is 1.27. The maximum atomic E-state index is 12.6. The number of carbonyl (C=O) groups is 1. The fraction of sp³-hybridized carbons (Fsp3) is 0.667. The Bertz CT molecular complexity index is 438. The van der Waals surface area contributed by atoms with Crippen molar-refractivity contribution in [2.24, 2.45) is 5.92 Å². The lowest BCUT2D eigenvalue weighted by molar-refractivity contribution is 0.0715. The van der Waals surface area contributed by atoms with E-state index in [1.165, 1.54) is 6.42 Å². The fourth-order valence-electron chi connectivity index (χ4n) is 2.52. The quantitative estimate of drug-likeness (QED) is 0.888. The van der Waals surface area contributed by atoms with E-state index in [1.54, 1.807) is 12.4 Å². The van der Waals surface area contributed by atoms with E-state index >= 15 is 0 Å². The normalized spacial score (nSPS) is 18.5. The monoisotopic (exact) mass is 276 g/mol. The first-order valence-electron chi connectivity index (χ1n) is 7.37. The summed E-state index contributed by atoms with van der Waals surface area (Å²) in [6.45, 7) is 8.69. The Morgan fingerprint density at radius 3 is 2.80 bits per heavy atom. The zero-order valence-electron chi connectivity index (χ0n) is 12.6. The van der Waals surface area contributed by atoms with Gasteiger partial charge in [-0.3, -0.25) is 9.78 Å². The molecule has 0 spiro atoms. The number of rotatable bonds is 5. The molecule has 0 radical (unpaired) electrons. The van der Waals surface area contributed by atoms with Crippen LogP contribution in [-0.2, 0) is 0 Å². The zero-order valence-corrected chi connectivity index (χ0v) is 12.6. The molecule has 1 aromatic rings. The van der Waals surface area contributed by atoms with Gasteiger partial charge in [-0.2, -0.15) is 0 Å². The number of aryl methyl sites for hydroxylation is 1. The topological polar surface area (TPSA) is 58.1 Å². The number of aromatic nitrogens is 2. The highest BCUT2D eigenvalue weighted by molar-refractivity contribution is 5.92. The van der Waals surface area contributed by atoms with Gasteiger partial charge in [-0.15, -0.1) is 0 Å². The van der Waals surface area contributed by atoms with Crippen molar-refractivity contribution in [3.8, 4) is 0 Å². The van der Waals surface area contributed by atoms with Gasteiger partial charge in [0.15, 0.2) is 0 Å². The molecule has 2 heterocycles. The SMILES string of the molecule is Cc1cnc(C(=O)N(CC(C)C)CC2CCCN2)cn1. The van der Waals surface area contributed by atoms with Crippen molar-refractivity contribution in [2.45, 2.75) is 39.7 Å². The van der Waals surface area contributed by atoms with Crippen molar-refractivity contribution < 1.29 is 4.79 Å². The molecule has 5 heteroatoms. The molecule has 110 valence electrons.